The minimum atomic E-state index is -0.486. The summed E-state index contributed by atoms with van der Waals surface area (Å²) in [5.41, 5.74) is 1.88. The van der Waals surface area contributed by atoms with Crippen LogP contribution in [0.25, 0.3) is 0 Å². The topological polar surface area (TPSA) is 76.1 Å². The van der Waals surface area contributed by atoms with E-state index in [1.54, 1.807) is 0 Å². The maximum absolute atomic E-state index is 12.8. The first-order valence-corrected chi connectivity index (χ1v) is 8.37. The third-order valence-corrected chi connectivity index (χ3v) is 4.15. The van der Waals surface area contributed by atoms with E-state index in [1.807, 2.05) is 31.2 Å². The molecule has 0 aliphatic heterocycles. The van der Waals surface area contributed by atoms with Crippen molar-refractivity contribution in [2.24, 2.45) is 0 Å². The van der Waals surface area contributed by atoms with Crippen LogP contribution in [0.4, 0.5) is 14.9 Å². The molecular formula is C18H21FN4O2. The Morgan fingerprint density at radius 3 is 2.60 bits per heavy atom. The first kappa shape index (κ1) is 17.1. The SMILES string of the molecule is Cc1cccc(NC(=O)NC2CCC(Oc3ncc(F)cn3)CC2)c1. The van der Waals surface area contributed by atoms with E-state index in [-0.39, 0.29) is 24.2 Å². The quantitative estimate of drug-likeness (QED) is 0.891. The molecule has 1 aliphatic carbocycles. The third-order valence-electron chi connectivity index (χ3n) is 4.15. The zero-order valence-electron chi connectivity index (χ0n) is 14.0. The van der Waals surface area contributed by atoms with Gasteiger partial charge in [0.1, 0.15) is 6.10 Å². The summed E-state index contributed by atoms with van der Waals surface area (Å²) in [6, 6.07) is 7.78. The molecule has 2 amide bonds. The Hall–Kier alpha value is -2.70. The fraction of sp³-hybridized carbons (Fsp3) is 0.389. The molecule has 0 bridgehead atoms. The molecule has 1 heterocycles. The van der Waals surface area contributed by atoms with Gasteiger partial charge in [0.15, 0.2) is 5.82 Å². The van der Waals surface area contributed by atoms with Crippen LogP contribution in [-0.2, 0) is 0 Å². The second-order valence-corrected chi connectivity index (χ2v) is 6.24. The van der Waals surface area contributed by atoms with Gasteiger partial charge in [0, 0.05) is 11.7 Å². The van der Waals surface area contributed by atoms with Crippen LogP contribution < -0.4 is 15.4 Å². The first-order chi connectivity index (χ1) is 12.1. The van der Waals surface area contributed by atoms with Gasteiger partial charge in [0.05, 0.1) is 12.4 Å². The van der Waals surface area contributed by atoms with E-state index in [1.165, 1.54) is 0 Å². The molecule has 6 nitrogen and oxygen atoms in total. The van der Waals surface area contributed by atoms with E-state index >= 15 is 0 Å². The minimum absolute atomic E-state index is 0.0108. The van der Waals surface area contributed by atoms with E-state index < -0.39 is 5.82 Å². The van der Waals surface area contributed by atoms with Crippen molar-refractivity contribution in [1.29, 1.82) is 0 Å². The summed E-state index contributed by atoms with van der Waals surface area (Å²) in [5, 5.41) is 5.84. The zero-order chi connectivity index (χ0) is 17.6. The smallest absolute Gasteiger partial charge is 0.319 e. The van der Waals surface area contributed by atoms with Crippen LogP contribution in [0.15, 0.2) is 36.7 Å². The van der Waals surface area contributed by atoms with Crippen LogP contribution >= 0.6 is 0 Å². The van der Waals surface area contributed by atoms with Crippen molar-refractivity contribution >= 4 is 11.7 Å². The molecule has 25 heavy (non-hydrogen) atoms. The van der Waals surface area contributed by atoms with Crippen molar-refractivity contribution < 1.29 is 13.9 Å². The number of halogens is 1. The van der Waals surface area contributed by atoms with Gasteiger partial charge in [-0.25, -0.2) is 19.2 Å². The van der Waals surface area contributed by atoms with E-state index in [4.69, 9.17) is 4.74 Å². The highest BCUT2D eigenvalue weighted by Gasteiger charge is 2.24. The fourth-order valence-corrected chi connectivity index (χ4v) is 2.91. The minimum Gasteiger partial charge on any atom is -0.460 e. The number of hydrogen-bond donors (Lipinski definition) is 2. The van der Waals surface area contributed by atoms with E-state index in [0.29, 0.717) is 0 Å². The summed E-state index contributed by atoms with van der Waals surface area (Å²) in [4.78, 5) is 19.7. The van der Waals surface area contributed by atoms with Gasteiger partial charge in [-0.1, -0.05) is 12.1 Å². The lowest BCUT2D eigenvalue weighted by Gasteiger charge is -2.28. The molecule has 0 spiro atoms. The average Bonchev–Trinajstić information content (AvgIpc) is 2.59. The number of ether oxygens (including phenoxy) is 1. The fourth-order valence-electron chi connectivity index (χ4n) is 2.91. The molecule has 0 saturated heterocycles. The standard InChI is InChI=1S/C18H21FN4O2/c1-12-3-2-4-15(9-12)23-17(24)22-14-5-7-16(8-6-14)25-18-20-10-13(19)11-21-18/h2-4,9-11,14,16H,5-8H2,1H3,(H2,22,23,24). The molecule has 1 aliphatic rings. The number of nitrogens with one attached hydrogen (secondary N) is 2. The number of urea groups is 1. The van der Waals surface area contributed by atoms with Gasteiger partial charge in [-0.15, -0.1) is 0 Å². The number of aromatic nitrogens is 2. The second-order valence-electron chi connectivity index (χ2n) is 6.24. The predicted octanol–water partition coefficient (Wildman–Crippen LogP) is 3.44. The maximum Gasteiger partial charge on any atom is 0.319 e. The van der Waals surface area contributed by atoms with Crippen LogP contribution in [0.3, 0.4) is 0 Å². The Labute approximate surface area is 145 Å². The number of aryl methyl sites for hydroxylation is 1. The second kappa shape index (κ2) is 7.92. The van der Waals surface area contributed by atoms with Gasteiger partial charge in [0.25, 0.3) is 0 Å². The van der Waals surface area contributed by atoms with Crippen molar-refractivity contribution in [1.82, 2.24) is 15.3 Å². The number of amides is 2. The summed E-state index contributed by atoms with van der Waals surface area (Å²) in [5.74, 6) is -0.486. The van der Waals surface area contributed by atoms with Crippen LogP contribution in [0.5, 0.6) is 6.01 Å². The Morgan fingerprint density at radius 1 is 1.20 bits per heavy atom. The first-order valence-electron chi connectivity index (χ1n) is 8.37. The van der Waals surface area contributed by atoms with Gasteiger partial charge in [0.2, 0.25) is 0 Å². The summed E-state index contributed by atoms with van der Waals surface area (Å²) in [6.45, 7) is 1.98. The summed E-state index contributed by atoms with van der Waals surface area (Å²) in [7, 11) is 0. The van der Waals surface area contributed by atoms with Crippen LogP contribution in [0.1, 0.15) is 31.2 Å². The molecule has 132 valence electrons. The molecule has 0 atom stereocenters. The van der Waals surface area contributed by atoms with Crippen LogP contribution in [-0.4, -0.2) is 28.1 Å². The number of carbonyl (C=O) groups excluding carboxylic acids is 1. The molecule has 1 aromatic carbocycles. The Bertz CT molecular complexity index is 715. The number of rotatable bonds is 4. The van der Waals surface area contributed by atoms with Crippen LogP contribution in [0.2, 0.25) is 0 Å². The van der Waals surface area contributed by atoms with Crippen molar-refractivity contribution in [2.75, 3.05) is 5.32 Å². The predicted molar refractivity (Wildman–Crippen MR) is 92.0 cm³/mol. The van der Waals surface area contributed by atoms with Gasteiger partial charge in [-0.2, -0.15) is 0 Å². The zero-order valence-corrected chi connectivity index (χ0v) is 14.0. The largest absolute Gasteiger partial charge is 0.460 e. The van der Waals surface area contributed by atoms with E-state index in [2.05, 4.69) is 20.6 Å². The number of benzene rings is 1. The molecule has 0 radical (unpaired) electrons. The molecule has 3 rings (SSSR count). The molecular weight excluding hydrogens is 323 g/mol. The molecule has 0 unspecified atom stereocenters. The molecule has 2 aromatic rings. The lowest BCUT2D eigenvalue weighted by molar-refractivity contribution is 0.129. The molecule has 7 heteroatoms. The van der Waals surface area contributed by atoms with E-state index in [0.717, 1.165) is 49.3 Å². The number of anilines is 1. The summed E-state index contributed by atoms with van der Waals surface area (Å²) >= 11 is 0. The Balaban J connectivity index is 1.42. The van der Waals surface area contributed by atoms with Gasteiger partial charge in [-0.3, -0.25) is 0 Å². The Morgan fingerprint density at radius 2 is 1.92 bits per heavy atom. The normalized spacial score (nSPS) is 19.9. The number of carbonyl (C=O) groups is 1. The maximum atomic E-state index is 12.8. The van der Waals surface area contributed by atoms with Crippen LogP contribution in [0, 0.1) is 12.7 Å². The third kappa shape index (κ3) is 5.14. The molecule has 1 fully saturated rings. The van der Waals surface area contributed by atoms with Crippen molar-refractivity contribution in [3.05, 3.63) is 48.0 Å². The summed E-state index contributed by atoms with van der Waals surface area (Å²) in [6.07, 6.45) is 5.37. The molecule has 2 N–H and O–H groups in total. The van der Waals surface area contributed by atoms with Crippen molar-refractivity contribution in [3.63, 3.8) is 0 Å². The van der Waals surface area contributed by atoms with Gasteiger partial charge in [-0.05, 0) is 50.3 Å². The van der Waals surface area contributed by atoms with Gasteiger partial charge >= 0.3 is 12.0 Å². The highest BCUT2D eigenvalue weighted by atomic mass is 19.1. The Kier molecular flexibility index (Phi) is 5.42. The van der Waals surface area contributed by atoms with Gasteiger partial charge < -0.3 is 15.4 Å². The highest BCUT2D eigenvalue weighted by Crippen LogP contribution is 2.22. The number of hydrogen-bond acceptors (Lipinski definition) is 4. The summed E-state index contributed by atoms with van der Waals surface area (Å²) < 4.78 is 18.4. The molecule has 1 saturated carbocycles. The lowest BCUT2D eigenvalue weighted by Crippen LogP contribution is -2.41. The number of nitrogens with zero attached hydrogens (tertiary/aromatic N) is 2. The highest BCUT2D eigenvalue weighted by molar-refractivity contribution is 5.89. The van der Waals surface area contributed by atoms with Crippen molar-refractivity contribution in [3.8, 4) is 6.01 Å². The average molecular weight is 344 g/mol. The lowest BCUT2D eigenvalue weighted by atomic mass is 9.93. The van der Waals surface area contributed by atoms with Crippen molar-refractivity contribution in [2.45, 2.75) is 44.8 Å². The molecule has 1 aromatic heterocycles. The van der Waals surface area contributed by atoms with E-state index in [9.17, 15) is 9.18 Å². The monoisotopic (exact) mass is 344 g/mol.